The van der Waals surface area contributed by atoms with Gasteiger partial charge in [-0.2, -0.15) is 4.31 Å². The lowest BCUT2D eigenvalue weighted by molar-refractivity contribution is -0.141. The highest BCUT2D eigenvalue weighted by atomic mass is 35.5. The highest BCUT2D eigenvalue weighted by Crippen LogP contribution is 2.28. The summed E-state index contributed by atoms with van der Waals surface area (Å²) in [6.45, 7) is 1.39. The minimum absolute atomic E-state index is 0.105. The highest BCUT2D eigenvalue weighted by Gasteiger charge is 2.32. The molecule has 11 heteroatoms. The summed E-state index contributed by atoms with van der Waals surface area (Å²) in [7, 11) is -1.95. The number of halogens is 2. The van der Waals surface area contributed by atoms with Gasteiger partial charge in [0.05, 0.1) is 12.0 Å². The molecule has 0 radical (unpaired) electrons. The molecule has 1 N–H and O–H groups in total. The number of rotatable bonds is 13. The van der Waals surface area contributed by atoms with Crippen LogP contribution in [0.3, 0.4) is 0 Å². The van der Waals surface area contributed by atoms with E-state index in [2.05, 4.69) is 5.32 Å². The number of sulfonamides is 1. The number of methoxy groups -OCH3 is 1. The molecular formula is C36H37Cl2N3O5S. The number of hydrogen-bond donors (Lipinski definition) is 1. The largest absolute Gasteiger partial charge is 0.497 e. The molecule has 5 rings (SSSR count). The third-order valence-corrected chi connectivity index (χ3v) is 10.7. The molecule has 246 valence electrons. The lowest BCUT2D eigenvalue weighted by atomic mass is 10.0. The molecule has 47 heavy (non-hydrogen) atoms. The lowest BCUT2D eigenvalue weighted by Crippen LogP contribution is -2.43. The highest BCUT2D eigenvalue weighted by molar-refractivity contribution is 7.89. The van der Waals surface area contributed by atoms with Crippen molar-refractivity contribution >= 4 is 45.0 Å². The Morgan fingerprint density at radius 3 is 2.19 bits per heavy atom. The molecule has 1 aliphatic rings. The molecule has 0 spiro atoms. The monoisotopic (exact) mass is 693 g/mol. The number of benzene rings is 4. The van der Waals surface area contributed by atoms with Crippen molar-refractivity contribution < 1.29 is 22.7 Å². The van der Waals surface area contributed by atoms with Crippen LogP contribution in [0.25, 0.3) is 0 Å². The Balaban J connectivity index is 1.39. The molecular weight excluding hydrogens is 657 g/mol. The van der Waals surface area contributed by atoms with Crippen molar-refractivity contribution in [2.75, 3.05) is 20.2 Å². The number of aryl methyl sites for hydroxylation is 1. The number of hydrogen-bond acceptors (Lipinski definition) is 5. The Labute approximate surface area is 286 Å². The zero-order valence-corrected chi connectivity index (χ0v) is 28.4. The van der Waals surface area contributed by atoms with Gasteiger partial charge in [-0.1, -0.05) is 83.9 Å². The Bertz CT molecular complexity index is 1780. The van der Waals surface area contributed by atoms with Gasteiger partial charge in [0, 0.05) is 42.6 Å². The number of carbonyl (C=O) groups excluding carboxylic acids is 2. The van der Waals surface area contributed by atoms with Crippen molar-refractivity contribution in [3.63, 3.8) is 0 Å². The van der Waals surface area contributed by atoms with E-state index in [1.165, 1.54) is 4.31 Å². The van der Waals surface area contributed by atoms with Crippen LogP contribution in [0.1, 0.15) is 47.6 Å². The Kier molecular flexibility index (Phi) is 11.6. The molecule has 8 nitrogen and oxygen atoms in total. The molecule has 2 amide bonds. The van der Waals surface area contributed by atoms with E-state index in [1.54, 1.807) is 54.5 Å². The predicted octanol–water partition coefficient (Wildman–Crippen LogP) is 6.81. The van der Waals surface area contributed by atoms with Crippen LogP contribution >= 0.6 is 23.2 Å². The standard InChI is InChI=1S/C36H37Cl2N3O5S/c1-46-31-16-9-27(10-17-31)25-41(34(42)20-13-26-11-18-32(19-12-26)47(44,45)40-21-5-6-22-40)35(28-7-3-2-4-8-28)36(43)39-24-29-14-15-30(37)23-33(29)38/h2-4,7-12,14-19,23,35H,5-6,13,20-22,24-25H2,1H3,(H,39,43)/t35-/m1/s1. The van der Waals surface area contributed by atoms with Gasteiger partial charge >= 0.3 is 0 Å². The van der Waals surface area contributed by atoms with Gasteiger partial charge in [0.15, 0.2) is 0 Å². The maximum atomic E-state index is 14.1. The SMILES string of the molecule is COc1ccc(CN(C(=O)CCc2ccc(S(=O)(=O)N3CCCC3)cc2)[C@@H](C(=O)NCc2ccc(Cl)cc2Cl)c2ccccc2)cc1. The summed E-state index contributed by atoms with van der Waals surface area (Å²) in [4.78, 5) is 29.9. The summed E-state index contributed by atoms with van der Waals surface area (Å²) >= 11 is 12.4. The molecule has 0 aromatic heterocycles. The van der Waals surface area contributed by atoms with E-state index < -0.39 is 16.1 Å². The second-order valence-corrected chi connectivity index (χ2v) is 14.2. The first-order chi connectivity index (χ1) is 22.7. The zero-order valence-electron chi connectivity index (χ0n) is 26.1. The van der Waals surface area contributed by atoms with Crippen molar-refractivity contribution in [1.29, 1.82) is 0 Å². The smallest absolute Gasteiger partial charge is 0.247 e. The fourth-order valence-corrected chi connectivity index (χ4v) is 7.60. The van der Waals surface area contributed by atoms with Gasteiger partial charge < -0.3 is 15.0 Å². The number of amides is 2. The lowest BCUT2D eigenvalue weighted by Gasteiger charge is -2.32. The Hall–Kier alpha value is -3.89. The molecule has 0 bridgehead atoms. The van der Waals surface area contributed by atoms with Gasteiger partial charge in [-0.25, -0.2) is 8.42 Å². The van der Waals surface area contributed by atoms with E-state index >= 15 is 0 Å². The van der Waals surface area contributed by atoms with Crippen LogP contribution < -0.4 is 10.1 Å². The summed E-state index contributed by atoms with van der Waals surface area (Å²) in [6, 6.07) is 27.4. The van der Waals surface area contributed by atoms with Crippen LogP contribution in [0.2, 0.25) is 10.0 Å². The van der Waals surface area contributed by atoms with Crippen molar-refractivity contribution in [1.82, 2.24) is 14.5 Å². The van der Waals surface area contributed by atoms with Gasteiger partial charge in [-0.3, -0.25) is 9.59 Å². The first-order valence-electron chi connectivity index (χ1n) is 15.4. The summed E-state index contributed by atoms with van der Waals surface area (Å²) < 4.78 is 32.8. The second kappa shape index (κ2) is 15.8. The van der Waals surface area contributed by atoms with Gasteiger partial charge in [-0.05, 0) is 77.9 Å². The third-order valence-electron chi connectivity index (χ3n) is 8.23. The zero-order chi connectivity index (χ0) is 33.4. The van der Waals surface area contributed by atoms with Crippen molar-refractivity contribution in [3.05, 3.63) is 129 Å². The third kappa shape index (κ3) is 8.73. The average molecular weight is 695 g/mol. The molecule has 0 unspecified atom stereocenters. The molecule has 0 saturated carbocycles. The fourth-order valence-electron chi connectivity index (χ4n) is 5.60. The molecule has 1 aliphatic heterocycles. The first kappa shape index (κ1) is 34.4. The van der Waals surface area contributed by atoms with Crippen molar-refractivity contribution in [3.8, 4) is 5.75 Å². The van der Waals surface area contributed by atoms with Crippen LogP contribution in [-0.4, -0.2) is 49.6 Å². The number of nitrogens with one attached hydrogen (secondary N) is 1. The van der Waals surface area contributed by atoms with Crippen LogP contribution in [-0.2, 0) is 39.1 Å². The van der Waals surface area contributed by atoms with E-state index in [4.69, 9.17) is 27.9 Å². The average Bonchev–Trinajstić information content (AvgIpc) is 3.64. The Morgan fingerprint density at radius 1 is 0.894 bits per heavy atom. The van der Waals surface area contributed by atoms with Gasteiger partial charge in [0.25, 0.3) is 0 Å². The minimum atomic E-state index is -3.53. The van der Waals surface area contributed by atoms with Gasteiger partial charge in [0.2, 0.25) is 21.8 Å². The normalized spacial score (nSPS) is 14.0. The second-order valence-electron chi connectivity index (χ2n) is 11.4. The topological polar surface area (TPSA) is 96.0 Å². The summed E-state index contributed by atoms with van der Waals surface area (Å²) in [5.74, 6) is 0.0858. The molecule has 0 aliphatic carbocycles. The summed E-state index contributed by atoms with van der Waals surface area (Å²) in [5.41, 5.74) is 3.00. The van der Waals surface area contributed by atoms with Crippen LogP contribution in [0.5, 0.6) is 5.75 Å². The minimum Gasteiger partial charge on any atom is -0.497 e. The molecule has 1 saturated heterocycles. The number of carbonyl (C=O) groups is 2. The maximum Gasteiger partial charge on any atom is 0.247 e. The van der Waals surface area contributed by atoms with Crippen molar-refractivity contribution in [2.45, 2.75) is 49.7 Å². The summed E-state index contributed by atoms with van der Waals surface area (Å²) in [5, 5.41) is 3.90. The maximum absolute atomic E-state index is 14.1. The van der Waals surface area contributed by atoms with E-state index in [0.29, 0.717) is 46.4 Å². The van der Waals surface area contributed by atoms with E-state index in [9.17, 15) is 18.0 Å². The fraction of sp³-hybridized carbons (Fsp3) is 0.278. The van der Waals surface area contributed by atoms with Crippen LogP contribution in [0.15, 0.2) is 102 Å². The molecule has 4 aromatic carbocycles. The van der Waals surface area contributed by atoms with Crippen molar-refractivity contribution in [2.24, 2.45) is 0 Å². The van der Waals surface area contributed by atoms with Crippen LogP contribution in [0, 0.1) is 0 Å². The van der Waals surface area contributed by atoms with E-state index in [0.717, 1.165) is 24.0 Å². The Morgan fingerprint density at radius 2 is 1.55 bits per heavy atom. The quantitative estimate of drug-likeness (QED) is 0.166. The number of ether oxygens (including phenoxy) is 1. The van der Waals surface area contributed by atoms with Crippen LogP contribution in [0.4, 0.5) is 0 Å². The number of nitrogens with zero attached hydrogens (tertiary/aromatic N) is 2. The molecule has 1 fully saturated rings. The molecule has 4 aromatic rings. The molecule has 1 atom stereocenters. The van der Waals surface area contributed by atoms with E-state index in [-0.39, 0.29) is 36.2 Å². The summed E-state index contributed by atoms with van der Waals surface area (Å²) in [6.07, 6.45) is 2.20. The molecule has 1 heterocycles. The predicted molar refractivity (Wildman–Crippen MR) is 184 cm³/mol. The van der Waals surface area contributed by atoms with Gasteiger partial charge in [-0.15, -0.1) is 0 Å². The van der Waals surface area contributed by atoms with E-state index in [1.807, 2.05) is 54.6 Å². The van der Waals surface area contributed by atoms with Gasteiger partial charge in [0.1, 0.15) is 11.8 Å². The first-order valence-corrected chi connectivity index (χ1v) is 17.6.